The number of hydrogen-bond acceptors (Lipinski definition) is 4. The fraction of sp³-hybridized carbons (Fsp3) is 0.778. The zero-order valence-electron chi connectivity index (χ0n) is 9.39. The van der Waals surface area contributed by atoms with Crippen LogP contribution in [-0.4, -0.2) is 29.8 Å². The molecule has 0 aliphatic rings. The highest BCUT2D eigenvalue weighted by molar-refractivity contribution is 5.85. The first-order valence-electron chi connectivity index (χ1n) is 4.94. The second-order valence-corrected chi connectivity index (χ2v) is 3.20. The lowest BCUT2D eigenvalue weighted by molar-refractivity contribution is -0.766. The Labute approximate surface area is 96.1 Å². The van der Waals surface area contributed by atoms with Crippen molar-refractivity contribution in [1.82, 2.24) is 10.2 Å². The van der Waals surface area contributed by atoms with E-state index in [1.807, 2.05) is 0 Å². The minimum Gasteiger partial charge on any atom is -0.539 e. The van der Waals surface area contributed by atoms with E-state index in [0.717, 1.165) is 19.6 Å². The van der Waals surface area contributed by atoms with Crippen molar-refractivity contribution in [2.24, 2.45) is 0 Å². The van der Waals surface area contributed by atoms with Gasteiger partial charge in [0.25, 0.3) is 0 Å². The summed E-state index contributed by atoms with van der Waals surface area (Å²) in [4.78, 5) is 2.27. The molecule has 0 saturated carbocycles. The van der Waals surface area contributed by atoms with Crippen molar-refractivity contribution in [3.8, 4) is 5.95 Å². The van der Waals surface area contributed by atoms with Crippen LogP contribution < -0.4 is 9.79 Å². The summed E-state index contributed by atoms with van der Waals surface area (Å²) >= 11 is 0. The summed E-state index contributed by atoms with van der Waals surface area (Å²) in [6.07, 6.45) is 0. The van der Waals surface area contributed by atoms with E-state index in [1.165, 1.54) is 0 Å². The highest BCUT2D eigenvalue weighted by Crippen LogP contribution is 2.03. The summed E-state index contributed by atoms with van der Waals surface area (Å²) < 4.78 is 6.15. The van der Waals surface area contributed by atoms with Gasteiger partial charge in [-0.15, -0.1) is 12.4 Å². The van der Waals surface area contributed by atoms with Crippen LogP contribution in [-0.2, 0) is 6.54 Å². The molecule has 0 amide bonds. The summed E-state index contributed by atoms with van der Waals surface area (Å²) in [5.74, 6) is -0.343. The van der Waals surface area contributed by atoms with Gasteiger partial charge in [-0.25, -0.2) is 0 Å². The lowest BCUT2D eigenvalue weighted by atomic mass is 10.4. The Balaban J connectivity index is 0.00000196. The van der Waals surface area contributed by atoms with Crippen LogP contribution in [0.25, 0.3) is 0 Å². The van der Waals surface area contributed by atoms with Gasteiger partial charge in [-0.3, -0.25) is 4.90 Å². The highest BCUT2D eigenvalue weighted by atomic mass is 35.5. The molecule has 0 spiro atoms. The van der Waals surface area contributed by atoms with E-state index in [9.17, 15) is 5.11 Å². The van der Waals surface area contributed by atoms with Crippen molar-refractivity contribution in [3.05, 3.63) is 5.69 Å². The van der Waals surface area contributed by atoms with Gasteiger partial charge in [0.1, 0.15) is 0 Å². The van der Waals surface area contributed by atoms with E-state index in [1.54, 1.807) is 11.6 Å². The van der Waals surface area contributed by atoms with Crippen molar-refractivity contribution >= 4 is 12.4 Å². The molecule has 0 fully saturated rings. The molecule has 0 aromatic carbocycles. The fourth-order valence-electron chi connectivity index (χ4n) is 1.30. The molecule has 5 nitrogen and oxygen atoms in total. The summed E-state index contributed by atoms with van der Waals surface area (Å²) in [5, 5.41) is 14.6. The molecule has 0 aliphatic heterocycles. The van der Waals surface area contributed by atoms with Crippen LogP contribution in [0.5, 0.6) is 5.95 Å². The molecule has 0 bridgehead atoms. The summed E-state index contributed by atoms with van der Waals surface area (Å²) in [5.41, 5.74) is 0.567. The second kappa shape index (κ2) is 6.63. The zero-order valence-corrected chi connectivity index (χ0v) is 10.2. The third-order valence-corrected chi connectivity index (χ3v) is 2.43. The normalized spacial score (nSPS) is 10.4. The van der Waals surface area contributed by atoms with Crippen LogP contribution in [0.4, 0.5) is 0 Å². The maximum absolute atomic E-state index is 11.0. The smallest absolute Gasteiger partial charge is 0.230 e. The maximum Gasteiger partial charge on any atom is 0.230 e. The number of rotatable bonds is 5. The predicted octanol–water partition coefficient (Wildman–Crippen LogP) is 0.108. The number of aromatic nitrogens is 2. The molecular weight excluding hydrogens is 218 g/mol. The number of halogens is 1. The largest absolute Gasteiger partial charge is 0.539 e. The molecule has 0 unspecified atom stereocenters. The quantitative estimate of drug-likeness (QED) is 0.680. The van der Waals surface area contributed by atoms with Gasteiger partial charge < -0.3 is 9.63 Å². The van der Waals surface area contributed by atoms with Gasteiger partial charge in [-0.1, -0.05) is 18.5 Å². The van der Waals surface area contributed by atoms with E-state index >= 15 is 0 Å². The molecule has 1 aromatic rings. The van der Waals surface area contributed by atoms with Crippen molar-refractivity contribution in [3.63, 3.8) is 0 Å². The van der Waals surface area contributed by atoms with Crippen LogP contribution in [0.1, 0.15) is 19.5 Å². The van der Waals surface area contributed by atoms with Crippen LogP contribution in [0, 0.1) is 6.92 Å². The Morgan fingerprint density at radius 3 is 2.40 bits per heavy atom. The first kappa shape index (κ1) is 14.2. The molecule has 1 aromatic heterocycles. The number of nitrogens with zero attached hydrogens (tertiary/aromatic N) is 3. The lowest BCUT2D eigenvalue weighted by Crippen LogP contribution is -2.43. The average molecular weight is 236 g/mol. The van der Waals surface area contributed by atoms with Gasteiger partial charge in [-0.05, 0) is 13.1 Å². The van der Waals surface area contributed by atoms with Gasteiger partial charge in [-0.2, -0.15) is 0 Å². The van der Waals surface area contributed by atoms with Crippen LogP contribution in [0.3, 0.4) is 0 Å². The molecule has 0 radical (unpaired) electrons. The molecule has 15 heavy (non-hydrogen) atoms. The fourth-order valence-corrected chi connectivity index (χ4v) is 1.30. The Morgan fingerprint density at radius 2 is 2.00 bits per heavy atom. The van der Waals surface area contributed by atoms with Crippen molar-refractivity contribution < 1.29 is 14.3 Å². The molecular formula is C9H18ClN3O2. The minimum absolute atomic E-state index is 0. The summed E-state index contributed by atoms with van der Waals surface area (Å²) in [6.45, 7) is 9.58. The second-order valence-electron chi connectivity index (χ2n) is 3.20. The lowest BCUT2D eigenvalue weighted by Gasteiger charge is -2.14. The Bertz CT molecular complexity index is 287. The molecule has 6 heteroatoms. The molecule has 88 valence electrons. The molecule has 0 N–H and O–H groups in total. The zero-order chi connectivity index (χ0) is 10.6. The van der Waals surface area contributed by atoms with Gasteiger partial charge in [0.2, 0.25) is 5.69 Å². The number of hydrogen-bond donors (Lipinski definition) is 0. The van der Waals surface area contributed by atoms with E-state index in [2.05, 4.69) is 28.5 Å². The van der Waals surface area contributed by atoms with Gasteiger partial charge >= 0.3 is 0 Å². The van der Waals surface area contributed by atoms with Gasteiger partial charge in [0.15, 0.2) is 12.5 Å². The molecule has 0 saturated heterocycles. The molecule has 0 aliphatic carbocycles. The Hall–Kier alpha value is -0.810. The van der Waals surface area contributed by atoms with Gasteiger partial charge in [0, 0.05) is 6.92 Å². The molecule has 1 heterocycles. The highest BCUT2D eigenvalue weighted by Gasteiger charge is 2.12. The van der Waals surface area contributed by atoms with E-state index in [-0.39, 0.29) is 18.4 Å². The topological polar surface area (TPSA) is 56.2 Å². The minimum atomic E-state index is -0.343. The monoisotopic (exact) mass is 235 g/mol. The third-order valence-electron chi connectivity index (χ3n) is 2.43. The SMILES string of the molecule is CCN(CC)CC[n+]1noc([O-])c1C.Cl. The van der Waals surface area contributed by atoms with Crippen LogP contribution >= 0.6 is 12.4 Å². The van der Waals surface area contributed by atoms with Gasteiger partial charge in [0.05, 0.1) is 11.8 Å². The summed E-state index contributed by atoms with van der Waals surface area (Å²) in [6, 6.07) is 0. The molecule has 0 atom stereocenters. The Kier molecular flexibility index (Phi) is 6.27. The average Bonchev–Trinajstić information content (AvgIpc) is 2.51. The van der Waals surface area contributed by atoms with Crippen molar-refractivity contribution in [1.29, 1.82) is 0 Å². The predicted molar refractivity (Wildman–Crippen MR) is 55.9 cm³/mol. The van der Waals surface area contributed by atoms with E-state index in [0.29, 0.717) is 12.2 Å². The van der Waals surface area contributed by atoms with E-state index < -0.39 is 0 Å². The standard InChI is InChI=1S/C9H17N3O2.ClH/c1-4-11(5-2)6-7-12-8(3)9(13)14-10-12;/h4-7H2,1-3H3;1H. The van der Waals surface area contributed by atoms with Crippen LogP contribution in [0.15, 0.2) is 4.52 Å². The van der Waals surface area contributed by atoms with E-state index in [4.69, 9.17) is 0 Å². The number of likely N-dealkylation sites (N-methyl/N-ethyl adjacent to an activating group) is 1. The molecule has 1 rings (SSSR count). The maximum atomic E-state index is 11.0. The summed E-state index contributed by atoms with van der Waals surface area (Å²) in [7, 11) is 0. The third kappa shape index (κ3) is 3.68. The first-order valence-corrected chi connectivity index (χ1v) is 4.94. The first-order chi connectivity index (χ1) is 6.69. The van der Waals surface area contributed by atoms with Crippen LogP contribution in [0.2, 0.25) is 0 Å². The van der Waals surface area contributed by atoms with Crippen molar-refractivity contribution in [2.45, 2.75) is 27.3 Å². The Morgan fingerprint density at radius 1 is 1.40 bits per heavy atom. The van der Waals surface area contributed by atoms with Crippen molar-refractivity contribution in [2.75, 3.05) is 19.6 Å².